The summed E-state index contributed by atoms with van der Waals surface area (Å²) in [6.07, 6.45) is 7.85. The predicted molar refractivity (Wildman–Crippen MR) is 110 cm³/mol. The van der Waals surface area contributed by atoms with E-state index in [4.69, 9.17) is 22.1 Å². The number of carbonyl (C=O) groups is 1. The van der Waals surface area contributed by atoms with Crippen molar-refractivity contribution in [3.8, 4) is 0 Å². The lowest BCUT2D eigenvalue weighted by Gasteiger charge is -2.42. The lowest BCUT2D eigenvalue weighted by Crippen LogP contribution is -2.55. The van der Waals surface area contributed by atoms with Crippen LogP contribution >= 0.6 is 12.6 Å². The molecule has 6 heteroatoms. The Morgan fingerprint density at radius 2 is 1.96 bits per heavy atom. The van der Waals surface area contributed by atoms with Crippen molar-refractivity contribution < 1.29 is 14.3 Å². The van der Waals surface area contributed by atoms with Gasteiger partial charge in [-0.2, -0.15) is 12.6 Å². The van der Waals surface area contributed by atoms with Gasteiger partial charge >= 0.3 is 6.09 Å². The number of carbonyl (C=O) groups excluding carboxylic acids is 1. The van der Waals surface area contributed by atoms with Gasteiger partial charge in [-0.1, -0.05) is 32.1 Å². The monoisotopic (exact) mass is 382 g/mol. The number of likely N-dealkylation sites (tertiary alicyclic amines) is 1. The molecule has 1 fully saturated rings. The molecule has 0 radical (unpaired) electrons. The molecule has 1 rings (SSSR count). The van der Waals surface area contributed by atoms with Crippen LogP contribution in [0.15, 0.2) is 36.3 Å². The third-order valence-corrected chi connectivity index (χ3v) is 5.28. The number of amides is 1. The fraction of sp³-hybridized carbons (Fsp3) is 0.650. The Morgan fingerprint density at radius 1 is 1.35 bits per heavy atom. The van der Waals surface area contributed by atoms with Crippen molar-refractivity contribution >= 4 is 18.7 Å². The maximum atomic E-state index is 11.4. The minimum Gasteiger partial charge on any atom is -0.485 e. The molecule has 0 saturated carbocycles. The van der Waals surface area contributed by atoms with Gasteiger partial charge < -0.3 is 19.7 Å². The summed E-state index contributed by atoms with van der Waals surface area (Å²) in [7, 11) is 1.38. The Labute approximate surface area is 163 Å². The zero-order valence-electron chi connectivity index (χ0n) is 17.0. The third kappa shape index (κ3) is 6.31. The first kappa shape index (κ1) is 22.5. The number of hydrogen-bond donors (Lipinski definition) is 2. The van der Waals surface area contributed by atoms with Gasteiger partial charge in [0.1, 0.15) is 11.9 Å². The van der Waals surface area contributed by atoms with Crippen LogP contribution in [0.25, 0.3) is 0 Å². The molecular formula is C20H34N2O3S. The summed E-state index contributed by atoms with van der Waals surface area (Å²) in [6, 6.07) is 0. The van der Waals surface area contributed by atoms with Gasteiger partial charge in [0.05, 0.1) is 25.9 Å². The molecule has 1 N–H and O–H groups in total. The Bertz CT molecular complexity index is 556. The van der Waals surface area contributed by atoms with Crippen LogP contribution in [0, 0.1) is 0 Å². The molecule has 26 heavy (non-hydrogen) atoms. The van der Waals surface area contributed by atoms with Gasteiger partial charge in [0.25, 0.3) is 0 Å². The molecule has 0 spiro atoms. The zero-order chi connectivity index (χ0) is 20.0. The topological polar surface area (TPSA) is 50.8 Å². The van der Waals surface area contributed by atoms with Gasteiger partial charge in [0.15, 0.2) is 0 Å². The normalized spacial score (nSPS) is 16.4. The van der Waals surface area contributed by atoms with Gasteiger partial charge in [-0.15, -0.1) is 0 Å². The Kier molecular flexibility index (Phi) is 8.13. The second-order valence-corrected chi connectivity index (χ2v) is 8.76. The highest BCUT2D eigenvalue weighted by Crippen LogP contribution is 2.30. The summed E-state index contributed by atoms with van der Waals surface area (Å²) in [4.78, 5) is 13.0. The highest BCUT2D eigenvalue weighted by Gasteiger charge is 2.36. The quantitative estimate of drug-likeness (QED) is 0.355. The summed E-state index contributed by atoms with van der Waals surface area (Å²) in [5, 5.41) is 3.51. The molecule has 0 aromatic carbocycles. The Hall–Kier alpha value is -1.56. The van der Waals surface area contributed by atoms with Crippen molar-refractivity contribution in [1.29, 1.82) is 0 Å². The molecule has 1 heterocycles. The van der Waals surface area contributed by atoms with Crippen LogP contribution in [0.3, 0.4) is 0 Å². The van der Waals surface area contributed by atoms with E-state index in [0.29, 0.717) is 18.8 Å². The Balaban J connectivity index is 2.79. The van der Waals surface area contributed by atoms with Gasteiger partial charge in [0, 0.05) is 10.3 Å². The lowest BCUT2D eigenvalue weighted by atomic mass is 9.89. The fourth-order valence-corrected chi connectivity index (χ4v) is 2.23. The maximum Gasteiger partial charge on any atom is 0.409 e. The molecule has 0 aliphatic carbocycles. The van der Waals surface area contributed by atoms with Crippen LogP contribution in [-0.2, 0) is 9.47 Å². The maximum absolute atomic E-state index is 11.4. The molecular weight excluding hydrogens is 348 g/mol. The van der Waals surface area contributed by atoms with Crippen LogP contribution < -0.4 is 5.32 Å². The largest absolute Gasteiger partial charge is 0.485 e. The number of rotatable bonds is 9. The summed E-state index contributed by atoms with van der Waals surface area (Å²) in [5.74, 6) is 0.561. The fourth-order valence-electron chi connectivity index (χ4n) is 2.18. The SMILES string of the molecule is C=C(OC1CN(C(=O)OC)C1)/C(=C\C=C/CCC)NC(C)(C)C(C)(C)S. The number of thiol groups is 1. The average Bonchev–Trinajstić information content (AvgIpc) is 2.51. The van der Waals surface area contributed by atoms with Gasteiger partial charge in [0.2, 0.25) is 0 Å². The summed E-state index contributed by atoms with van der Waals surface area (Å²) >= 11 is 4.71. The molecule has 1 aliphatic rings. The second kappa shape index (κ2) is 9.40. The smallest absolute Gasteiger partial charge is 0.409 e. The molecule has 0 atom stereocenters. The van der Waals surface area contributed by atoms with Crippen molar-refractivity contribution in [3.63, 3.8) is 0 Å². The first-order valence-corrected chi connectivity index (χ1v) is 9.52. The first-order valence-electron chi connectivity index (χ1n) is 9.08. The van der Waals surface area contributed by atoms with E-state index in [2.05, 4.69) is 52.6 Å². The van der Waals surface area contributed by atoms with Crippen LogP contribution in [-0.4, -0.2) is 47.6 Å². The third-order valence-electron chi connectivity index (χ3n) is 4.72. The number of unbranched alkanes of at least 4 members (excludes halogenated alkanes) is 1. The van der Waals surface area contributed by atoms with E-state index < -0.39 is 0 Å². The van der Waals surface area contributed by atoms with Crippen molar-refractivity contribution in [2.45, 2.75) is 63.9 Å². The van der Waals surface area contributed by atoms with Gasteiger partial charge in [-0.25, -0.2) is 4.79 Å². The molecule has 5 nitrogen and oxygen atoms in total. The highest BCUT2D eigenvalue weighted by atomic mass is 32.1. The van der Waals surface area contributed by atoms with Crippen LogP contribution in [0.4, 0.5) is 4.79 Å². The van der Waals surface area contributed by atoms with E-state index in [1.54, 1.807) is 4.90 Å². The number of methoxy groups -OCH3 is 1. The van der Waals surface area contributed by atoms with Gasteiger partial charge in [-0.05, 0) is 40.2 Å². The molecule has 148 valence electrons. The molecule has 1 saturated heterocycles. The van der Waals surface area contributed by atoms with Crippen molar-refractivity contribution in [1.82, 2.24) is 10.2 Å². The molecule has 1 aliphatic heterocycles. The minimum atomic E-state index is -0.329. The van der Waals surface area contributed by atoms with E-state index >= 15 is 0 Å². The van der Waals surface area contributed by atoms with E-state index in [9.17, 15) is 4.79 Å². The summed E-state index contributed by atoms with van der Waals surface area (Å²) in [5.41, 5.74) is 0.533. The second-order valence-electron chi connectivity index (χ2n) is 7.64. The zero-order valence-corrected chi connectivity index (χ0v) is 17.9. The van der Waals surface area contributed by atoms with E-state index in [0.717, 1.165) is 18.5 Å². The molecule has 1 amide bonds. The highest BCUT2D eigenvalue weighted by molar-refractivity contribution is 7.81. The number of ether oxygens (including phenoxy) is 2. The predicted octanol–water partition coefficient (Wildman–Crippen LogP) is 4.28. The molecule has 0 unspecified atom stereocenters. The number of allylic oxidation sites excluding steroid dienone is 3. The Morgan fingerprint density at radius 3 is 2.46 bits per heavy atom. The standard InChI is InChI=1S/C20H34N2O3S/c1-8-9-10-11-12-17(21-19(3,4)20(5,6)26)15(2)25-16-13-22(14-16)18(23)24-7/h10-12,16,21,26H,2,8-9,13-14H2,1,3-7H3/b11-10-,17-12+. The van der Waals surface area contributed by atoms with Crippen LogP contribution in [0.1, 0.15) is 47.5 Å². The van der Waals surface area contributed by atoms with Crippen molar-refractivity contribution in [2.24, 2.45) is 0 Å². The first-order chi connectivity index (χ1) is 12.0. The van der Waals surface area contributed by atoms with E-state index in [1.165, 1.54) is 7.11 Å². The van der Waals surface area contributed by atoms with Gasteiger partial charge in [-0.3, -0.25) is 0 Å². The summed E-state index contributed by atoms with van der Waals surface area (Å²) < 4.78 is 10.4. The van der Waals surface area contributed by atoms with Crippen molar-refractivity contribution in [2.75, 3.05) is 20.2 Å². The number of nitrogens with one attached hydrogen (secondary N) is 1. The van der Waals surface area contributed by atoms with Crippen molar-refractivity contribution in [3.05, 3.63) is 36.3 Å². The lowest BCUT2D eigenvalue weighted by molar-refractivity contribution is -0.0145. The van der Waals surface area contributed by atoms with Crippen LogP contribution in [0.2, 0.25) is 0 Å². The summed E-state index contributed by atoms with van der Waals surface area (Å²) in [6.45, 7) is 15.6. The van der Waals surface area contributed by atoms with E-state index in [1.807, 2.05) is 12.2 Å². The molecule has 0 aromatic heterocycles. The average molecular weight is 383 g/mol. The number of hydrogen-bond acceptors (Lipinski definition) is 5. The van der Waals surface area contributed by atoms with Crippen LogP contribution in [0.5, 0.6) is 0 Å². The number of nitrogens with zero attached hydrogens (tertiary/aromatic N) is 1. The molecule has 0 aromatic rings. The van der Waals surface area contributed by atoms with E-state index in [-0.39, 0.29) is 22.5 Å². The minimum absolute atomic E-state index is 0.0708. The molecule has 0 bridgehead atoms.